The van der Waals surface area contributed by atoms with Crippen molar-refractivity contribution >= 4 is 5.97 Å². The van der Waals surface area contributed by atoms with Crippen LogP contribution in [0.5, 0.6) is 11.6 Å². The molecular weight excluding hydrogens is 210 g/mol. The van der Waals surface area contributed by atoms with Gasteiger partial charge in [-0.05, 0) is 6.07 Å². The lowest BCUT2D eigenvalue weighted by Crippen LogP contribution is -2.00. The molecule has 0 aliphatic carbocycles. The first kappa shape index (κ1) is 10.2. The second kappa shape index (κ2) is 4.01. The van der Waals surface area contributed by atoms with Gasteiger partial charge in [0.25, 0.3) is 0 Å². The Morgan fingerprint density at radius 2 is 2.31 bits per heavy atom. The lowest BCUT2D eigenvalue weighted by molar-refractivity contribution is 0.0689. The van der Waals surface area contributed by atoms with Crippen molar-refractivity contribution in [2.75, 3.05) is 0 Å². The topological polar surface area (TPSA) is 77.2 Å². The summed E-state index contributed by atoms with van der Waals surface area (Å²) < 4.78 is 6.91. The summed E-state index contributed by atoms with van der Waals surface area (Å²) in [7, 11) is 1.76. The van der Waals surface area contributed by atoms with Gasteiger partial charge in [-0.1, -0.05) is 6.07 Å². The molecule has 0 radical (unpaired) electrons. The molecule has 0 unspecified atom stereocenters. The summed E-state index contributed by atoms with van der Waals surface area (Å²) in [6.07, 6.45) is 3.18. The summed E-state index contributed by atoms with van der Waals surface area (Å²) in [6.45, 7) is 0. The van der Waals surface area contributed by atoms with Crippen molar-refractivity contribution in [3.63, 3.8) is 0 Å². The van der Waals surface area contributed by atoms with Crippen molar-refractivity contribution in [3.8, 4) is 11.6 Å². The molecule has 6 nitrogen and oxygen atoms in total. The van der Waals surface area contributed by atoms with Gasteiger partial charge >= 0.3 is 5.97 Å². The summed E-state index contributed by atoms with van der Waals surface area (Å²) in [4.78, 5) is 14.5. The molecule has 0 amide bonds. The quantitative estimate of drug-likeness (QED) is 0.841. The van der Waals surface area contributed by atoms with Crippen LogP contribution in [-0.4, -0.2) is 25.8 Å². The van der Waals surface area contributed by atoms with E-state index in [0.717, 1.165) is 0 Å². The normalized spacial score (nSPS) is 10.1. The van der Waals surface area contributed by atoms with E-state index in [0.29, 0.717) is 5.75 Å². The van der Waals surface area contributed by atoms with Gasteiger partial charge in [-0.15, -0.1) is 0 Å². The molecule has 0 aromatic carbocycles. The van der Waals surface area contributed by atoms with Gasteiger partial charge < -0.3 is 9.84 Å². The maximum Gasteiger partial charge on any atom is 0.354 e. The Morgan fingerprint density at radius 3 is 2.94 bits per heavy atom. The third kappa shape index (κ3) is 2.17. The second-order valence-corrected chi connectivity index (χ2v) is 3.12. The van der Waals surface area contributed by atoms with Crippen molar-refractivity contribution < 1.29 is 14.6 Å². The molecule has 0 fully saturated rings. The van der Waals surface area contributed by atoms with E-state index in [4.69, 9.17) is 9.84 Å². The molecule has 16 heavy (non-hydrogen) atoms. The van der Waals surface area contributed by atoms with Gasteiger partial charge in [-0.25, -0.2) is 9.78 Å². The largest absolute Gasteiger partial charge is 0.477 e. The first-order valence-corrected chi connectivity index (χ1v) is 4.52. The molecule has 2 aromatic rings. The second-order valence-electron chi connectivity index (χ2n) is 3.12. The molecule has 2 heterocycles. The number of ether oxygens (including phenoxy) is 1. The molecule has 2 aromatic heterocycles. The van der Waals surface area contributed by atoms with Crippen molar-refractivity contribution in [2.24, 2.45) is 7.05 Å². The van der Waals surface area contributed by atoms with Crippen LogP contribution in [0.4, 0.5) is 0 Å². The molecule has 0 saturated carbocycles. The molecule has 2 rings (SSSR count). The van der Waals surface area contributed by atoms with Crippen LogP contribution in [-0.2, 0) is 7.05 Å². The van der Waals surface area contributed by atoms with Crippen LogP contribution in [0.15, 0.2) is 30.6 Å². The molecule has 1 N–H and O–H groups in total. The molecule has 0 bridgehead atoms. The monoisotopic (exact) mass is 219 g/mol. The Balaban J connectivity index is 2.21. The van der Waals surface area contributed by atoms with Crippen molar-refractivity contribution in [1.82, 2.24) is 14.8 Å². The summed E-state index contributed by atoms with van der Waals surface area (Å²) in [5, 5.41) is 12.7. The van der Waals surface area contributed by atoms with Gasteiger partial charge in [0.05, 0.1) is 12.4 Å². The highest BCUT2D eigenvalue weighted by molar-refractivity contribution is 5.85. The summed E-state index contributed by atoms with van der Waals surface area (Å²) in [5.74, 6) is -0.345. The van der Waals surface area contributed by atoms with Gasteiger partial charge in [-0.3, -0.25) is 4.68 Å². The number of aromatic carboxylic acids is 1. The molecule has 0 aliphatic rings. The van der Waals surface area contributed by atoms with E-state index in [2.05, 4.69) is 10.1 Å². The molecular formula is C10H9N3O3. The minimum atomic E-state index is -1.09. The number of carbonyl (C=O) groups is 1. The van der Waals surface area contributed by atoms with Crippen LogP contribution in [0.25, 0.3) is 0 Å². The lowest BCUT2D eigenvalue weighted by atomic mass is 10.3. The van der Waals surface area contributed by atoms with Crippen LogP contribution in [0, 0.1) is 0 Å². The number of pyridine rings is 1. The zero-order valence-electron chi connectivity index (χ0n) is 8.49. The maximum atomic E-state index is 10.7. The number of hydrogen-bond acceptors (Lipinski definition) is 4. The first-order valence-electron chi connectivity index (χ1n) is 4.52. The standard InChI is InChI=1S/C10H9N3O3/c1-13-6-7(5-11-13)16-9-4-2-3-8(12-9)10(14)15/h2-6H,1H3,(H,14,15). The van der Waals surface area contributed by atoms with Crippen LogP contribution in [0.3, 0.4) is 0 Å². The lowest BCUT2D eigenvalue weighted by Gasteiger charge is -2.01. The van der Waals surface area contributed by atoms with E-state index in [1.54, 1.807) is 30.1 Å². The highest BCUT2D eigenvalue weighted by Crippen LogP contribution is 2.18. The molecule has 0 aliphatic heterocycles. The Bertz CT molecular complexity index is 522. The number of carboxylic acid groups (broad SMARTS) is 1. The summed E-state index contributed by atoms with van der Waals surface area (Å²) >= 11 is 0. The van der Waals surface area contributed by atoms with Gasteiger partial charge in [-0.2, -0.15) is 5.10 Å². The van der Waals surface area contributed by atoms with Crippen LogP contribution < -0.4 is 4.74 Å². The molecule has 0 spiro atoms. The molecule has 6 heteroatoms. The molecule has 0 saturated heterocycles. The van der Waals surface area contributed by atoms with E-state index in [1.807, 2.05) is 0 Å². The average Bonchev–Trinajstić information content (AvgIpc) is 2.64. The molecule has 82 valence electrons. The Labute approximate surface area is 91.1 Å². The fourth-order valence-corrected chi connectivity index (χ4v) is 1.16. The van der Waals surface area contributed by atoms with E-state index in [-0.39, 0.29) is 11.6 Å². The number of rotatable bonds is 3. The third-order valence-corrected chi connectivity index (χ3v) is 1.85. The number of aryl methyl sites for hydroxylation is 1. The zero-order chi connectivity index (χ0) is 11.5. The van der Waals surface area contributed by atoms with Crippen LogP contribution >= 0.6 is 0 Å². The number of carboxylic acids is 1. The SMILES string of the molecule is Cn1cc(Oc2cccc(C(=O)O)n2)cn1. The Hall–Kier alpha value is -2.37. The van der Waals surface area contributed by atoms with Gasteiger partial charge in [0.15, 0.2) is 11.4 Å². The van der Waals surface area contributed by atoms with Crippen molar-refractivity contribution in [2.45, 2.75) is 0 Å². The van der Waals surface area contributed by atoms with Gasteiger partial charge in [0, 0.05) is 13.1 Å². The van der Waals surface area contributed by atoms with E-state index in [1.165, 1.54) is 12.3 Å². The van der Waals surface area contributed by atoms with Crippen LogP contribution in [0.2, 0.25) is 0 Å². The van der Waals surface area contributed by atoms with E-state index in [9.17, 15) is 4.79 Å². The maximum absolute atomic E-state index is 10.7. The zero-order valence-corrected chi connectivity index (χ0v) is 8.49. The van der Waals surface area contributed by atoms with Crippen LogP contribution in [0.1, 0.15) is 10.5 Å². The first-order chi connectivity index (χ1) is 7.65. The minimum absolute atomic E-state index is 0.0543. The highest BCUT2D eigenvalue weighted by atomic mass is 16.5. The summed E-state index contributed by atoms with van der Waals surface area (Å²) in [6, 6.07) is 4.56. The Kier molecular flexibility index (Phi) is 2.55. The minimum Gasteiger partial charge on any atom is -0.477 e. The number of aromatic nitrogens is 3. The number of hydrogen-bond donors (Lipinski definition) is 1. The van der Waals surface area contributed by atoms with Gasteiger partial charge in [0.2, 0.25) is 5.88 Å². The van der Waals surface area contributed by atoms with Crippen molar-refractivity contribution in [1.29, 1.82) is 0 Å². The average molecular weight is 219 g/mol. The predicted octanol–water partition coefficient (Wildman–Crippen LogP) is 1.31. The third-order valence-electron chi connectivity index (χ3n) is 1.85. The van der Waals surface area contributed by atoms with Gasteiger partial charge in [0.1, 0.15) is 0 Å². The fourth-order valence-electron chi connectivity index (χ4n) is 1.16. The van der Waals surface area contributed by atoms with E-state index >= 15 is 0 Å². The number of nitrogens with zero attached hydrogens (tertiary/aromatic N) is 3. The fraction of sp³-hybridized carbons (Fsp3) is 0.100. The Morgan fingerprint density at radius 1 is 1.50 bits per heavy atom. The smallest absolute Gasteiger partial charge is 0.354 e. The summed E-state index contributed by atoms with van der Waals surface area (Å²) in [5.41, 5.74) is -0.0543. The highest BCUT2D eigenvalue weighted by Gasteiger charge is 2.06. The molecule has 0 atom stereocenters. The van der Waals surface area contributed by atoms with E-state index < -0.39 is 5.97 Å². The van der Waals surface area contributed by atoms with Crippen molar-refractivity contribution in [3.05, 3.63) is 36.3 Å². The predicted molar refractivity (Wildman–Crippen MR) is 54.5 cm³/mol.